The van der Waals surface area contributed by atoms with Crippen molar-refractivity contribution in [3.05, 3.63) is 65.0 Å². The van der Waals surface area contributed by atoms with Crippen LogP contribution in [0.2, 0.25) is 0 Å². The molecule has 1 amide bonds. The number of amides is 1. The first-order valence-corrected chi connectivity index (χ1v) is 8.42. The average Bonchev–Trinajstić information content (AvgIpc) is 2.61. The van der Waals surface area contributed by atoms with Gasteiger partial charge in [-0.1, -0.05) is 6.07 Å². The second-order valence-corrected chi connectivity index (χ2v) is 5.83. The van der Waals surface area contributed by atoms with Gasteiger partial charge in [0, 0.05) is 18.7 Å². The van der Waals surface area contributed by atoms with Crippen molar-refractivity contribution in [3.63, 3.8) is 0 Å². The lowest BCUT2D eigenvalue weighted by molar-refractivity contribution is 0.0772. The molecule has 2 rings (SSSR count). The van der Waals surface area contributed by atoms with Gasteiger partial charge in [-0.05, 0) is 68.3 Å². The minimum atomic E-state index is -0.849. The van der Waals surface area contributed by atoms with Gasteiger partial charge >= 0.3 is 0 Å². The summed E-state index contributed by atoms with van der Waals surface area (Å²) < 4.78 is 18.7. The van der Waals surface area contributed by atoms with Crippen molar-refractivity contribution in [1.82, 2.24) is 4.90 Å². The number of aryl methyl sites for hydroxylation is 1. The van der Waals surface area contributed by atoms with Gasteiger partial charge in [-0.2, -0.15) is 0 Å². The maximum absolute atomic E-state index is 13.1. The monoisotopic (exact) mass is 345 g/mol. The molecule has 0 aromatic heterocycles. The quantitative estimate of drug-likeness (QED) is 0.832. The number of ether oxygens (including phenoxy) is 1. The van der Waals surface area contributed by atoms with Gasteiger partial charge in [0.25, 0.3) is 5.91 Å². The summed E-state index contributed by atoms with van der Waals surface area (Å²) in [4.78, 5) is 14.0. The molecule has 0 aliphatic rings. The zero-order chi connectivity index (χ0) is 18.4. The Morgan fingerprint density at radius 1 is 1.16 bits per heavy atom. The molecule has 0 saturated carbocycles. The summed E-state index contributed by atoms with van der Waals surface area (Å²) >= 11 is 0. The molecular formula is C20H24FNO3. The number of carbonyl (C=O) groups is 1. The Kier molecular flexibility index (Phi) is 6.53. The third kappa shape index (κ3) is 4.79. The number of aliphatic hydroxyl groups is 1. The predicted octanol–water partition coefficient (Wildman–Crippen LogP) is 3.73. The smallest absolute Gasteiger partial charge is 0.253 e. The summed E-state index contributed by atoms with van der Waals surface area (Å²) in [5, 5.41) is 10.2. The molecule has 2 aromatic rings. The lowest BCUT2D eigenvalue weighted by Crippen LogP contribution is -2.30. The number of aliphatic hydroxyl groups excluding tert-OH is 1. The van der Waals surface area contributed by atoms with Crippen molar-refractivity contribution in [2.75, 3.05) is 19.7 Å². The molecule has 0 fully saturated rings. The Balaban J connectivity index is 1.98. The maximum atomic E-state index is 13.1. The summed E-state index contributed by atoms with van der Waals surface area (Å²) in [6.07, 6.45) is -0.849. The highest BCUT2D eigenvalue weighted by atomic mass is 19.1. The van der Waals surface area contributed by atoms with Gasteiger partial charge in [-0.3, -0.25) is 4.79 Å². The predicted molar refractivity (Wildman–Crippen MR) is 95.3 cm³/mol. The molecule has 0 bridgehead atoms. The first-order valence-electron chi connectivity index (χ1n) is 8.42. The Labute approximate surface area is 147 Å². The van der Waals surface area contributed by atoms with Crippen molar-refractivity contribution in [1.29, 1.82) is 0 Å². The van der Waals surface area contributed by atoms with E-state index in [1.54, 1.807) is 42.2 Å². The lowest BCUT2D eigenvalue weighted by atomic mass is 10.0. The van der Waals surface area contributed by atoms with E-state index in [0.717, 1.165) is 0 Å². The highest BCUT2D eigenvalue weighted by molar-refractivity contribution is 5.94. The molecule has 0 aliphatic heterocycles. The number of rotatable bonds is 7. The van der Waals surface area contributed by atoms with E-state index < -0.39 is 6.10 Å². The van der Waals surface area contributed by atoms with Crippen molar-refractivity contribution in [2.24, 2.45) is 0 Å². The van der Waals surface area contributed by atoms with Gasteiger partial charge in [0.05, 0.1) is 0 Å². The van der Waals surface area contributed by atoms with Crippen LogP contribution in [0.5, 0.6) is 5.75 Å². The average molecular weight is 345 g/mol. The minimum Gasteiger partial charge on any atom is -0.491 e. The fraction of sp³-hybridized carbons (Fsp3) is 0.350. The summed E-state index contributed by atoms with van der Waals surface area (Å²) in [5.41, 5.74) is 1.91. The zero-order valence-electron chi connectivity index (χ0n) is 14.8. The van der Waals surface area contributed by atoms with Crippen LogP contribution in [0.4, 0.5) is 4.39 Å². The molecule has 5 heteroatoms. The van der Waals surface area contributed by atoms with E-state index in [2.05, 4.69) is 0 Å². The van der Waals surface area contributed by atoms with Crippen molar-refractivity contribution in [2.45, 2.75) is 26.9 Å². The highest BCUT2D eigenvalue weighted by Crippen LogP contribution is 2.21. The Hall–Kier alpha value is -2.40. The van der Waals surface area contributed by atoms with Crippen molar-refractivity contribution < 1.29 is 19.0 Å². The molecule has 0 radical (unpaired) electrons. The molecule has 1 unspecified atom stereocenters. The Morgan fingerprint density at radius 2 is 1.80 bits per heavy atom. The van der Waals surface area contributed by atoms with Crippen LogP contribution in [0, 0.1) is 12.7 Å². The fourth-order valence-corrected chi connectivity index (χ4v) is 2.67. The minimum absolute atomic E-state index is 0.0153. The summed E-state index contributed by atoms with van der Waals surface area (Å²) in [7, 11) is 0. The standard InChI is InChI=1S/C20H24FNO3/c1-4-22(5-2)20(24)15-6-9-17(10-7-15)25-13-19(23)18-11-8-16(21)12-14(18)3/h6-12,19,23H,4-5,13H2,1-3H3. The molecule has 0 heterocycles. The lowest BCUT2D eigenvalue weighted by Gasteiger charge is -2.19. The van der Waals surface area contributed by atoms with Gasteiger partial charge in [0.15, 0.2) is 0 Å². The van der Waals surface area contributed by atoms with Gasteiger partial charge < -0.3 is 14.7 Å². The third-order valence-electron chi connectivity index (χ3n) is 4.15. The molecule has 25 heavy (non-hydrogen) atoms. The number of benzene rings is 2. The molecule has 0 aliphatic carbocycles. The van der Waals surface area contributed by atoms with Gasteiger partial charge in [0.1, 0.15) is 24.3 Å². The number of hydrogen-bond acceptors (Lipinski definition) is 3. The van der Waals surface area contributed by atoms with Crippen molar-refractivity contribution >= 4 is 5.91 Å². The highest BCUT2D eigenvalue weighted by Gasteiger charge is 2.14. The van der Waals surface area contributed by atoms with Gasteiger partial charge in [0.2, 0.25) is 0 Å². The van der Waals surface area contributed by atoms with Crippen molar-refractivity contribution in [3.8, 4) is 5.75 Å². The van der Waals surface area contributed by atoms with Gasteiger partial charge in [-0.15, -0.1) is 0 Å². The van der Waals surface area contributed by atoms with Crippen LogP contribution >= 0.6 is 0 Å². The maximum Gasteiger partial charge on any atom is 0.253 e. The number of hydrogen-bond donors (Lipinski definition) is 1. The first-order chi connectivity index (χ1) is 12.0. The van der Waals surface area contributed by atoms with E-state index in [9.17, 15) is 14.3 Å². The molecule has 0 spiro atoms. The first kappa shape index (κ1) is 18.9. The number of halogens is 1. The zero-order valence-corrected chi connectivity index (χ0v) is 14.8. The molecule has 1 N–H and O–H groups in total. The Morgan fingerprint density at radius 3 is 2.36 bits per heavy atom. The molecular weight excluding hydrogens is 321 g/mol. The van der Waals surface area contributed by atoms with E-state index in [1.165, 1.54) is 12.1 Å². The van der Waals surface area contributed by atoms with Crippen LogP contribution < -0.4 is 4.74 Å². The van der Waals surface area contributed by atoms with Crippen LogP contribution in [0.15, 0.2) is 42.5 Å². The van der Waals surface area contributed by atoms with Gasteiger partial charge in [-0.25, -0.2) is 4.39 Å². The molecule has 134 valence electrons. The topological polar surface area (TPSA) is 49.8 Å². The molecule has 4 nitrogen and oxygen atoms in total. The van der Waals surface area contributed by atoms with E-state index in [4.69, 9.17) is 4.74 Å². The normalized spacial score (nSPS) is 11.9. The third-order valence-corrected chi connectivity index (χ3v) is 4.15. The summed E-state index contributed by atoms with van der Waals surface area (Å²) in [5.74, 6) is 0.219. The number of carbonyl (C=O) groups excluding carboxylic acids is 1. The summed E-state index contributed by atoms with van der Waals surface area (Å²) in [6, 6.07) is 11.1. The number of nitrogens with zero attached hydrogens (tertiary/aromatic N) is 1. The molecule has 1 atom stereocenters. The van der Waals surface area contributed by atoms with Crippen LogP contribution in [0.3, 0.4) is 0 Å². The van der Waals surface area contributed by atoms with Crippen LogP contribution in [0.1, 0.15) is 41.4 Å². The SMILES string of the molecule is CCN(CC)C(=O)c1ccc(OCC(O)c2ccc(F)cc2C)cc1. The van der Waals surface area contributed by atoms with Crippen LogP contribution in [0.25, 0.3) is 0 Å². The van der Waals surface area contributed by atoms with E-state index >= 15 is 0 Å². The molecule has 0 saturated heterocycles. The second-order valence-electron chi connectivity index (χ2n) is 5.83. The van der Waals surface area contributed by atoms with E-state index in [-0.39, 0.29) is 18.3 Å². The van der Waals surface area contributed by atoms with E-state index in [0.29, 0.717) is 35.5 Å². The fourth-order valence-electron chi connectivity index (χ4n) is 2.67. The summed E-state index contributed by atoms with van der Waals surface area (Å²) in [6.45, 7) is 7.01. The Bertz CT molecular complexity index is 711. The second kappa shape index (κ2) is 8.62. The largest absolute Gasteiger partial charge is 0.491 e. The van der Waals surface area contributed by atoms with Crippen LogP contribution in [-0.4, -0.2) is 35.6 Å². The van der Waals surface area contributed by atoms with E-state index in [1.807, 2.05) is 13.8 Å². The van der Waals surface area contributed by atoms with Crippen LogP contribution in [-0.2, 0) is 0 Å². The molecule has 2 aromatic carbocycles.